The third-order valence-electron chi connectivity index (χ3n) is 1.57. The molecule has 0 aromatic carbocycles. The molecule has 0 unspecified atom stereocenters. The Balaban J connectivity index is 2.84. The van der Waals surface area contributed by atoms with E-state index in [2.05, 4.69) is 9.73 Å². The van der Waals surface area contributed by atoms with E-state index >= 15 is 0 Å². The van der Waals surface area contributed by atoms with Gasteiger partial charge < -0.3 is 4.74 Å². The first-order chi connectivity index (χ1) is 5.82. The highest BCUT2D eigenvalue weighted by Gasteiger charge is 2.46. The van der Waals surface area contributed by atoms with E-state index < -0.39 is 24.1 Å². The van der Waals surface area contributed by atoms with Gasteiger partial charge in [0.05, 0.1) is 0 Å². The van der Waals surface area contributed by atoms with Crippen molar-refractivity contribution in [3.05, 3.63) is 0 Å². The lowest BCUT2D eigenvalue weighted by Crippen LogP contribution is -2.24. The lowest BCUT2D eigenvalue weighted by Gasteiger charge is -2.04. The molecule has 0 saturated carbocycles. The Morgan fingerprint density at radius 2 is 2.00 bits per heavy atom. The molecule has 0 saturated heterocycles. The summed E-state index contributed by atoms with van der Waals surface area (Å²) in [5, 5.41) is 0. The minimum atomic E-state index is -4.67. The second kappa shape index (κ2) is 3.01. The van der Waals surface area contributed by atoms with Gasteiger partial charge in [-0.3, -0.25) is 0 Å². The van der Waals surface area contributed by atoms with E-state index in [0.717, 1.165) is 0 Å². The van der Waals surface area contributed by atoms with Crippen molar-refractivity contribution in [3.8, 4) is 0 Å². The van der Waals surface area contributed by atoms with Crippen molar-refractivity contribution in [1.82, 2.24) is 0 Å². The van der Waals surface area contributed by atoms with Crippen LogP contribution in [-0.2, 0) is 9.53 Å². The molecule has 1 aliphatic heterocycles. The van der Waals surface area contributed by atoms with Gasteiger partial charge in [-0.25, -0.2) is 9.79 Å². The van der Waals surface area contributed by atoms with E-state index in [-0.39, 0.29) is 5.92 Å². The topological polar surface area (TPSA) is 38.7 Å². The number of nitrogens with zero attached hydrogens (tertiary/aromatic N) is 1. The van der Waals surface area contributed by atoms with Crippen LogP contribution in [0.5, 0.6) is 0 Å². The van der Waals surface area contributed by atoms with Crippen LogP contribution in [0, 0.1) is 5.92 Å². The first-order valence-corrected chi connectivity index (χ1v) is 3.69. The summed E-state index contributed by atoms with van der Waals surface area (Å²) in [4.78, 5) is 14.0. The molecule has 6 heteroatoms. The maximum Gasteiger partial charge on any atom is 0.468 e. The number of carbonyl (C=O) groups excluding carboxylic acids is 1. The predicted molar refractivity (Wildman–Crippen MR) is 38.2 cm³/mol. The van der Waals surface area contributed by atoms with Crippen molar-refractivity contribution < 1.29 is 22.7 Å². The van der Waals surface area contributed by atoms with Crippen molar-refractivity contribution in [2.24, 2.45) is 10.9 Å². The quantitative estimate of drug-likeness (QED) is 0.595. The fraction of sp³-hybridized carbons (Fsp3) is 0.714. The average molecular weight is 195 g/mol. The molecule has 0 aliphatic carbocycles. The molecule has 0 radical (unpaired) electrons. The minimum absolute atomic E-state index is 0.285. The van der Waals surface area contributed by atoms with Crippen LogP contribution in [0.25, 0.3) is 0 Å². The van der Waals surface area contributed by atoms with Crippen molar-refractivity contribution >= 4 is 11.9 Å². The van der Waals surface area contributed by atoms with Crippen LogP contribution >= 0.6 is 0 Å². The van der Waals surface area contributed by atoms with E-state index in [0.29, 0.717) is 0 Å². The molecule has 13 heavy (non-hydrogen) atoms. The highest BCUT2D eigenvalue weighted by atomic mass is 19.4. The molecule has 3 nitrogen and oxygen atoms in total. The third-order valence-corrected chi connectivity index (χ3v) is 1.57. The van der Waals surface area contributed by atoms with Gasteiger partial charge in [0.2, 0.25) is 0 Å². The summed E-state index contributed by atoms with van der Waals surface area (Å²) in [6, 6.07) is -1.02. The molecule has 0 fully saturated rings. The highest BCUT2D eigenvalue weighted by molar-refractivity contribution is 5.99. The molecular formula is C7H8F3NO2. The average Bonchev–Trinajstić information content (AvgIpc) is 2.29. The number of cyclic esters (lactones) is 1. The Labute approximate surface area is 72.6 Å². The van der Waals surface area contributed by atoms with Gasteiger partial charge in [-0.1, -0.05) is 13.8 Å². The van der Waals surface area contributed by atoms with Gasteiger partial charge in [0.25, 0.3) is 0 Å². The molecule has 1 atom stereocenters. The molecule has 1 rings (SSSR count). The van der Waals surface area contributed by atoms with Crippen LogP contribution in [-0.4, -0.2) is 24.1 Å². The minimum Gasteiger partial charge on any atom is -0.401 e. The van der Waals surface area contributed by atoms with Gasteiger partial charge in [0.1, 0.15) is 0 Å². The van der Waals surface area contributed by atoms with Crippen LogP contribution in [0.1, 0.15) is 13.8 Å². The number of alkyl halides is 3. The lowest BCUT2D eigenvalue weighted by molar-refractivity contribution is -0.140. The molecule has 0 N–H and O–H groups in total. The zero-order chi connectivity index (χ0) is 10.2. The van der Waals surface area contributed by atoms with Crippen LogP contribution in [0.4, 0.5) is 13.2 Å². The zero-order valence-electron chi connectivity index (χ0n) is 7.05. The van der Waals surface area contributed by atoms with E-state index in [1.165, 1.54) is 0 Å². The van der Waals surface area contributed by atoms with Crippen molar-refractivity contribution in [1.29, 1.82) is 0 Å². The summed E-state index contributed by atoms with van der Waals surface area (Å²) < 4.78 is 39.9. The summed E-state index contributed by atoms with van der Waals surface area (Å²) in [6.07, 6.45) is -4.67. The van der Waals surface area contributed by atoms with Crippen LogP contribution in [0.15, 0.2) is 4.99 Å². The number of aliphatic imine (C=N–C) groups is 1. The van der Waals surface area contributed by atoms with E-state index in [1.54, 1.807) is 13.8 Å². The van der Waals surface area contributed by atoms with Gasteiger partial charge in [-0.05, 0) is 5.92 Å². The molecule has 0 aromatic heterocycles. The number of hydrogen-bond acceptors (Lipinski definition) is 3. The third kappa shape index (κ3) is 1.99. The summed E-state index contributed by atoms with van der Waals surface area (Å²) in [5.41, 5.74) is 0. The normalized spacial score (nSPS) is 23.4. The molecule has 1 heterocycles. The van der Waals surface area contributed by atoms with Gasteiger partial charge in [0.15, 0.2) is 6.04 Å². The van der Waals surface area contributed by atoms with Crippen molar-refractivity contribution in [2.45, 2.75) is 26.1 Å². The predicted octanol–water partition coefficient (Wildman–Crippen LogP) is 1.53. The number of rotatable bonds is 1. The smallest absolute Gasteiger partial charge is 0.401 e. The number of carbonyl (C=O) groups is 1. The highest BCUT2D eigenvalue weighted by Crippen LogP contribution is 2.25. The number of halogens is 3. The summed E-state index contributed by atoms with van der Waals surface area (Å²) in [5.74, 6) is -2.65. The second-order valence-corrected chi connectivity index (χ2v) is 3.04. The number of ether oxygens (including phenoxy) is 1. The van der Waals surface area contributed by atoms with E-state index in [4.69, 9.17) is 0 Å². The maximum atomic E-state index is 12.0. The van der Waals surface area contributed by atoms with Crippen LogP contribution in [0.2, 0.25) is 0 Å². The Morgan fingerprint density at radius 1 is 1.46 bits per heavy atom. The lowest BCUT2D eigenvalue weighted by atomic mass is 10.1. The zero-order valence-corrected chi connectivity index (χ0v) is 7.05. The summed E-state index contributed by atoms with van der Waals surface area (Å²) in [6.45, 7) is 3.21. The van der Waals surface area contributed by atoms with Crippen LogP contribution in [0.3, 0.4) is 0 Å². The molecule has 0 bridgehead atoms. The van der Waals surface area contributed by atoms with E-state index in [9.17, 15) is 18.0 Å². The largest absolute Gasteiger partial charge is 0.468 e. The number of esters is 1. The van der Waals surface area contributed by atoms with Crippen molar-refractivity contribution in [2.75, 3.05) is 0 Å². The van der Waals surface area contributed by atoms with Gasteiger partial charge in [-0.2, -0.15) is 13.2 Å². The van der Waals surface area contributed by atoms with Crippen LogP contribution < -0.4 is 0 Å². The summed E-state index contributed by atoms with van der Waals surface area (Å²) >= 11 is 0. The molecule has 74 valence electrons. The first kappa shape index (κ1) is 10.0. The van der Waals surface area contributed by atoms with E-state index in [1.807, 2.05) is 0 Å². The molecule has 0 amide bonds. The Morgan fingerprint density at radius 3 is 2.23 bits per heavy atom. The summed E-state index contributed by atoms with van der Waals surface area (Å²) in [7, 11) is 0. The van der Waals surface area contributed by atoms with Crippen molar-refractivity contribution in [3.63, 3.8) is 0 Å². The number of hydrogen-bond donors (Lipinski definition) is 0. The monoisotopic (exact) mass is 195 g/mol. The van der Waals surface area contributed by atoms with Gasteiger partial charge >= 0.3 is 18.0 Å². The molecule has 0 spiro atoms. The second-order valence-electron chi connectivity index (χ2n) is 3.04. The fourth-order valence-corrected chi connectivity index (χ4v) is 0.913. The van der Waals surface area contributed by atoms with Gasteiger partial charge in [-0.15, -0.1) is 0 Å². The fourth-order valence-electron chi connectivity index (χ4n) is 0.913. The Hall–Kier alpha value is -1.07. The Kier molecular flexibility index (Phi) is 2.32. The van der Waals surface area contributed by atoms with Gasteiger partial charge in [0, 0.05) is 0 Å². The SMILES string of the molecule is CC(C)[C@@H]1N=C(C(F)(F)F)OC1=O. The standard InChI is InChI=1S/C7H8F3NO2/c1-3(2)4-5(12)13-6(11-4)7(8,9)10/h3-4H,1-2H3/t4-/m0/s1. The molecule has 0 aromatic rings. The maximum absolute atomic E-state index is 12.0. The molecular weight excluding hydrogens is 187 g/mol. The molecule has 1 aliphatic rings. The first-order valence-electron chi connectivity index (χ1n) is 3.69. The Bertz CT molecular complexity index is 257.